The van der Waals surface area contributed by atoms with Crippen LogP contribution < -0.4 is 15.0 Å². The van der Waals surface area contributed by atoms with Crippen molar-refractivity contribution in [3.63, 3.8) is 0 Å². The number of anilines is 1. The van der Waals surface area contributed by atoms with Gasteiger partial charge in [0.15, 0.2) is 0 Å². The lowest BCUT2D eigenvalue weighted by atomic mass is 10.1. The van der Waals surface area contributed by atoms with Gasteiger partial charge in [-0.15, -0.1) is 0 Å². The summed E-state index contributed by atoms with van der Waals surface area (Å²) in [4.78, 5) is 49.1. The van der Waals surface area contributed by atoms with Crippen molar-refractivity contribution in [1.29, 1.82) is 0 Å². The Hall–Kier alpha value is -4.42. The Kier molecular flexibility index (Phi) is 7.35. The van der Waals surface area contributed by atoms with Gasteiger partial charge in [-0.05, 0) is 60.5 Å². The first kappa shape index (κ1) is 27.6. The van der Waals surface area contributed by atoms with Crippen LogP contribution in [-0.2, 0) is 15.8 Å². The minimum Gasteiger partial charge on any atom is -0.449 e. The monoisotopic (exact) mass is 579 g/mol. The van der Waals surface area contributed by atoms with E-state index in [0.29, 0.717) is 17.7 Å². The summed E-state index contributed by atoms with van der Waals surface area (Å²) in [5, 5.41) is 13.5. The molecular formula is C25H14Cl2F3N3O6. The van der Waals surface area contributed by atoms with Crippen LogP contribution in [0, 0.1) is 17.0 Å². The van der Waals surface area contributed by atoms with Crippen LogP contribution in [0.15, 0.2) is 60.2 Å². The van der Waals surface area contributed by atoms with Crippen molar-refractivity contribution in [2.24, 2.45) is 0 Å². The van der Waals surface area contributed by atoms with Crippen LogP contribution in [0.2, 0.25) is 10.0 Å². The maximum Gasteiger partial charge on any atom is 0.416 e. The van der Waals surface area contributed by atoms with E-state index in [0.717, 1.165) is 17.0 Å². The van der Waals surface area contributed by atoms with Gasteiger partial charge in [0, 0.05) is 11.1 Å². The number of carbonyl (C=O) groups excluding carboxylic acids is 3. The first-order chi connectivity index (χ1) is 18.3. The summed E-state index contributed by atoms with van der Waals surface area (Å²) in [6.45, 7) is 1.64. The topological polar surface area (TPSA) is 119 Å². The van der Waals surface area contributed by atoms with Crippen molar-refractivity contribution in [1.82, 2.24) is 5.32 Å². The molecule has 1 aliphatic heterocycles. The van der Waals surface area contributed by atoms with Gasteiger partial charge in [0.05, 0.1) is 21.2 Å². The smallest absolute Gasteiger partial charge is 0.416 e. The number of nitrogens with zero attached hydrogens (tertiary/aromatic N) is 2. The van der Waals surface area contributed by atoms with Crippen LogP contribution >= 0.6 is 23.2 Å². The molecule has 3 aromatic rings. The number of amides is 4. The van der Waals surface area contributed by atoms with E-state index in [-0.39, 0.29) is 27.0 Å². The summed E-state index contributed by atoms with van der Waals surface area (Å²) in [5.74, 6) is -2.52. The normalized spacial score (nSPS) is 15.0. The van der Waals surface area contributed by atoms with E-state index in [9.17, 15) is 37.7 Å². The van der Waals surface area contributed by atoms with Crippen LogP contribution in [0.5, 0.6) is 11.5 Å². The van der Waals surface area contributed by atoms with Gasteiger partial charge in [-0.3, -0.25) is 25.0 Å². The average molecular weight is 580 g/mol. The van der Waals surface area contributed by atoms with Crippen LogP contribution in [-0.4, -0.2) is 22.8 Å². The average Bonchev–Trinajstić information content (AvgIpc) is 2.84. The first-order valence-corrected chi connectivity index (χ1v) is 11.5. The molecule has 4 rings (SSSR count). The second-order valence-corrected chi connectivity index (χ2v) is 8.96. The zero-order valence-electron chi connectivity index (χ0n) is 19.5. The zero-order chi connectivity index (χ0) is 28.6. The molecule has 0 atom stereocenters. The molecule has 0 bridgehead atoms. The lowest BCUT2D eigenvalue weighted by Gasteiger charge is -2.27. The number of barbiturate groups is 1. The Bertz CT molecular complexity index is 1590. The number of ether oxygens (including phenoxy) is 1. The number of halogens is 5. The Balaban J connectivity index is 1.65. The van der Waals surface area contributed by atoms with E-state index in [2.05, 4.69) is 5.32 Å². The molecule has 14 heteroatoms. The highest BCUT2D eigenvalue weighted by Gasteiger charge is 2.38. The summed E-state index contributed by atoms with van der Waals surface area (Å²) in [7, 11) is 0. The molecule has 1 fully saturated rings. The first-order valence-electron chi connectivity index (χ1n) is 10.8. The molecule has 3 aromatic carbocycles. The summed E-state index contributed by atoms with van der Waals surface area (Å²) in [6.07, 6.45) is -3.64. The van der Waals surface area contributed by atoms with E-state index in [4.69, 9.17) is 27.9 Å². The van der Waals surface area contributed by atoms with Crippen LogP contribution in [0.25, 0.3) is 6.08 Å². The van der Waals surface area contributed by atoms with Gasteiger partial charge in [-0.25, -0.2) is 9.69 Å². The van der Waals surface area contributed by atoms with E-state index in [1.165, 1.54) is 24.3 Å². The number of hydrogen-bond acceptors (Lipinski definition) is 6. The molecule has 1 heterocycles. The highest BCUT2D eigenvalue weighted by Crippen LogP contribution is 2.39. The van der Waals surface area contributed by atoms with E-state index in [1.807, 2.05) is 0 Å². The van der Waals surface area contributed by atoms with Crippen LogP contribution in [0.3, 0.4) is 0 Å². The molecular weight excluding hydrogens is 566 g/mol. The molecule has 0 saturated carbocycles. The van der Waals surface area contributed by atoms with Gasteiger partial charge >= 0.3 is 17.9 Å². The number of imide groups is 2. The predicted octanol–water partition coefficient (Wildman–Crippen LogP) is 6.69. The fourth-order valence-electron chi connectivity index (χ4n) is 3.60. The number of hydrogen-bond donors (Lipinski definition) is 1. The van der Waals surface area contributed by atoms with Crippen molar-refractivity contribution in [2.75, 3.05) is 4.90 Å². The Morgan fingerprint density at radius 2 is 1.69 bits per heavy atom. The summed E-state index contributed by atoms with van der Waals surface area (Å²) in [5.41, 5.74) is -1.65. The number of rotatable bonds is 5. The van der Waals surface area contributed by atoms with Gasteiger partial charge in [0.2, 0.25) is 5.75 Å². The highest BCUT2D eigenvalue weighted by atomic mass is 35.5. The molecule has 0 aromatic heterocycles. The maximum absolute atomic E-state index is 13.1. The number of alkyl halides is 3. The third kappa shape index (κ3) is 5.71. The van der Waals surface area contributed by atoms with E-state index >= 15 is 0 Å². The molecule has 200 valence electrons. The summed E-state index contributed by atoms with van der Waals surface area (Å²) < 4.78 is 44.3. The maximum atomic E-state index is 13.1. The van der Waals surface area contributed by atoms with Gasteiger partial charge < -0.3 is 4.74 Å². The van der Waals surface area contributed by atoms with Crippen molar-refractivity contribution in [3.8, 4) is 11.5 Å². The number of nitro groups is 1. The quantitative estimate of drug-likeness (QED) is 0.156. The van der Waals surface area contributed by atoms with Gasteiger partial charge in [0.25, 0.3) is 11.8 Å². The summed E-state index contributed by atoms with van der Waals surface area (Å²) >= 11 is 12.2. The Morgan fingerprint density at radius 1 is 1.00 bits per heavy atom. The third-order valence-corrected chi connectivity index (χ3v) is 6.01. The fourth-order valence-corrected chi connectivity index (χ4v) is 3.99. The standard InChI is InChI=1S/C25H14Cl2F3N3O6/c1-12-2-5-15(26)11-18(12)32-23(35)16(22(34)31-24(32)36)8-13-3-6-20(17(27)9-13)39-21-7-4-14(25(28,29)30)10-19(21)33(37)38/h2-11H,1H3,(H,31,34,36)/b16-8+. The number of nitrogens with one attached hydrogen (secondary N) is 1. The van der Waals surface area contributed by atoms with Gasteiger partial charge in [-0.1, -0.05) is 35.3 Å². The molecule has 39 heavy (non-hydrogen) atoms. The number of benzene rings is 3. The molecule has 1 N–H and O–H groups in total. The second-order valence-electron chi connectivity index (χ2n) is 8.12. The predicted molar refractivity (Wildman–Crippen MR) is 135 cm³/mol. The molecule has 1 aliphatic rings. The largest absolute Gasteiger partial charge is 0.449 e. The number of aryl methyl sites for hydroxylation is 1. The number of urea groups is 1. The van der Waals surface area contributed by atoms with Crippen molar-refractivity contribution < 1.29 is 37.2 Å². The molecule has 0 aliphatic carbocycles. The van der Waals surface area contributed by atoms with Crippen LogP contribution in [0.1, 0.15) is 16.7 Å². The van der Waals surface area contributed by atoms with Gasteiger partial charge in [0.1, 0.15) is 11.3 Å². The van der Waals surface area contributed by atoms with Crippen molar-refractivity contribution >= 4 is 58.5 Å². The van der Waals surface area contributed by atoms with Crippen molar-refractivity contribution in [3.05, 3.63) is 97.0 Å². The van der Waals surface area contributed by atoms with Crippen molar-refractivity contribution in [2.45, 2.75) is 13.1 Å². The zero-order valence-corrected chi connectivity index (χ0v) is 21.0. The molecule has 9 nitrogen and oxygen atoms in total. The van der Waals surface area contributed by atoms with Gasteiger partial charge in [-0.2, -0.15) is 13.2 Å². The fraction of sp³-hybridized carbons (Fsp3) is 0.0800. The molecule has 4 amide bonds. The number of carbonyl (C=O) groups is 3. The van der Waals surface area contributed by atoms with Crippen LogP contribution in [0.4, 0.5) is 29.3 Å². The highest BCUT2D eigenvalue weighted by molar-refractivity contribution is 6.40. The molecule has 0 radical (unpaired) electrons. The minimum atomic E-state index is -4.80. The lowest BCUT2D eigenvalue weighted by Crippen LogP contribution is -2.54. The molecule has 0 spiro atoms. The third-order valence-electron chi connectivity index (χ3n) is 5.48. The Labute approximate surface area is 227 Å². The summed E-state index contributed by atoms with van der Waals surface area (Å²) in [6, 6.07) is 9.19. The number of nitro benzene ring substituents is 1. The molecule has 0 unspecified atom stereocenters. The minimum absolute atomic E-state index is 0.138. The van der Waals surface area contributed by atoms with E-state index < -0.39 is 51.5 Å². The van der Waals surface area contributed by atoms with E-state index in [1.54, 1.807) is 19.1 Å². The Morgan fingerprint density at radius 3 is 2.33 bits per heavy atom. The second kappa shape index (κ2) is 10.4. The molecule has 1 saturated heterocycles. The lowest BCUT2D eigenvalue weighted by molar-refractivity contribution is -0.385. The SMILES string of the molecule is Cc1ccc(Cl)cc1N1C(=O)NC(=O)/C(=C\c2ccc(Oc3ccc(C(F)(F)F)cc3[N+](=O)[O-])c(Cl)c2)C1=O.